The van der Waals surface area contributed by atoms with Gasteiger partial charge in [0, 0.05) is 43.5 Å². The van der Waals surface area contributed by atoms with Gasteiger partial charge in [-0.1, -0.05) is 25.1 Å². The van der Waals surface area contributed by atoms with Crippen LogP contribution in [0.2, 0.25) is 5.15 Å². The van der Waals surface area contributed by atoms with Crippen molar-refractivity contribution < 1.29 is 14.4 Å². The van der Waals surface area contributed by atoms with Crippen LogP contribution in [-0.2, 0) is 9.59 Å². The number of fused-ring (bicyclic) bond motifs is 1. The summed E-state index contributed by atoms with van der Waals surface area (Å²) in [4.78, 5) is 45.2. The van der Waals surface area contributed by atoms with Gasteiger partial charge in [-0.15, -0.1) is 0 Å². The highest BCUT2D eigenvalue weighted by molar-refractivity contribution is 6.29. The normalized spacial score (nSPS) is 14.1. The summed E-state index contributed by atoms with van der Waals surface area (Å²) in [6, 6.07) is 8.49. The van der Waals surface area contributed by atoms with E-state index in [1.165, 1.54) is 6.20 Å². The van der Waals surface area contributed by atoms with Crippen molar-refractivity contribution in [1.82, 2.24) is 9.88 Å². The summed E-state index contributed by atoms with van der Waals surface area (Å²) >= 11 is 5.83. The Kier molecular flexibility index (Phi) is 7.71. The fourth-order valence-corrected chi connectivity index (χ4v) is 4.03. The minimum absolute atomic E-state index is 0.139. The van der Waals surface area contributed by atoms with E-state index in [2.05, 4.69) is 22.2 Å². The van der Waals surface area contributed by atoms with Gasteiger partial charge >= 0.3 is 0 Å². The molecule has 1 aromatic carbocycles. The first-order valence-corrected chi connectivity index (χ1v) is 11.2. The van der Waals surface area contributed by atoms with Gasteiger partial charge in [0.05, 0.1) is 11.3 Å². The number of anilines is 3. The van der Waals surface area contributed by atoms with Gasteiger partial charge < -0.3 is 15.5 Å². The number of nitrogens with one attached hydrogen (secondary N) is 2. The molecule has 1 unspecified atom stereocenters. The van der Waals surface area contributed by atoms with E-state index in [4.69, 9.17) is 11.6 Å². The molecule has 174 valence electrons. The molecular formula is C24H28ClN5O3. The van der Waals surface area contributed by atoms with Crippen LogP contribution in [0.4, 0.5) is 17.1 Å². The van der Waals surface area contributed by atoms with Crippen LogP contribution in [0.5, 0.6) is 0 Å². The number of rotatable bonds is 8. The topological polar surface area (TPSA) is 94.6 Å². The lowest BCUT2D eigenvalue weighted by Gasteiger charge is -2.38. The van der Waals surface area contributed by atoms with Gasteiger partial charge in [0.1, 0.15) is 11.0 Å². The summed E-state index contributed by atoms with van der Waals surface area (Å²) in [6.45, 7) is 11.0. The second-order valence-electron chi connectivity index (χ2n) is 7.92. The summed E-state index contributed by atoms with van der Waals surface area (Å²) < 4.78 is 0. The molecule has 3 rings (SSSR count). The Morgan fingerprint density at radius 1 is 1.03 bits per heavy atom. The molecule has 33 heavy (non-hydrogen) atoms. The molecule has 0 spiro atoms. The van der Waals surface area contributed by atoms with Crippen molar-refractivity contribution in [2.75, 3.05) is 28.6 Å². The molecule has 1 aromatic heterocycles. The zero-order chi connectivity index (χ0) is 24.1. The van der Waals surface area contributed by atoms with Gasteiger partial charge in [-0.2, -0.15) is 0 Å². The van der Waals surface area contributed by atoms with E-state index in [-0.39, 0.29) is 41.6 Å². The summed E-state index contributed by atoms with van der Waals surface area (Å²) in [7, 11) is 0. The first-order chi connectivity index (χ1) is 15.7. The first kappa shape index (κ1) is 24.3. The number of hydrogen-bond acceptors (Lipinski definition) is 5. The van der Waals surface area contributed by atoms with Crippen LogP contribution in [0.25, 0.3) is 0 Å². The molecule has 0 fully saturated rings. The summed E-state index contributed by atoms with van der Waals surface area (Å²) in [5.74, 6) is -0.114. The largest absolute Gasteiger partial charge is 0.328 e. The maximum Gasteiger partial charge on any atom is 0.261 e. The van der Waals surface area contributed by atoms with Crippen molar-refractivity contribution in [3.8, 4) is 0 Å². The Morgan fingerprint density at radius 2 is 1.64 bits per heavy atom. The molecule has 1 aliphatic heterocycles. The SMILES string of the molecule is C=C1N(CC)C(=O)c2cc(NC(=O)CC(C)CC(=O)Nc3ccnc(Cl)c3)ccc2N1CC. The van der Waals surface area contributed by atoms with Gasteiger partial charge in [0.2, 0.25) is 11.8 Å². The van der Waals surface area contributed by atoms with Crippen molar-refractivity contribution >= 4 is 46.4 Å². The molecule has 1 aliphatic rings. The number of halogens is 1. The maximum absolute atomic E-state index is 12.9. The Hall–Kier alpha value is -3.39. The highest BCUT2D eigenvalue weighted by Crippen LogP contribution is 2.34. The van der Waals surface area contributed by atoms with Crippen LogP contribution in [-0.4, -0.2) is 40.7 Å². The third-order valence-electron chi connectivity index (χ3n) is 5.38. The predicted molar refractivity (Wildman–Crippen MR) is 130 cm³/mol. The number of pyridine rings is 1. The van der Waals surface area contributed by atoms with E-state index in [0.29, 0.717) is 35.8 Å². The molecule has 0 aliphatic carbocycles. The molecule has 1 atom stereocenters. The van der Waals surface area contributed by atoms with Crippen molar-refractivity contribution in [2.45, 2.75) is 33.6 Å². The van der Waals surface area contributed by atoms with Gasteiger partial charge in [-0.05, 0) is 50.1 Å². The highest BCUT2D eigenvalue weighted by atomic mass is 35.5. The lowest BCUT2D eigenvalue weighted by molar-refractivity contribution is -0.118. The van der Waals surface area contributed by atoms with Crippen molar-refractivity contribution in [3.05, 3.63) is 59.6 Å². The van der Waals surface area contributed by atoms with Crippen LogP contribution in [0.15, 0.2) is 48.9 Å². The standard InChI is InChI=1S/C24H28ClN5O3/c1-5-29-16(4)30(6-2)24(33)19-13-17(7-8-20(19)29)27-22(31)11-15(3)12-23(32)28-18-9-10-26-21(25)14-18/h7-10,13-15H,4-6,11-12H2,1-3H3,(H,27,31)(H,26,28,32). The van der Waals surface area contributed by atoms with Gasteiger partial charge in [-0.3, -0.25) is 19.3 Å². The zero-order valence-corrected chi connectivity index (χ0v) is 19.8. The lowest BCUT2D eigenvalue weighted by atomic mass is 10.0. The lowest BCUT2D eigenvalue weighted by Crippen LogP contribution is -2.44. The summed E-state index contributed by atoms with van der Waals surface area (Å²) in [6.07, 6.45) is 1.84. The average Bonchev–Trinajstić information content (AvgIpc) is 2.74. The van der Waals surface area contributed by atoms with E-state index in [1.807, 2.05) is 31.7 Å². The Morgan fingerprint density at radius 3 is 2.21 bits per heavy atom. The van der Waals surface area contributed by atoms with E-state index >= 15 is 0 Å². The van der Waals surface area contributed by atoms with Crippen molar-refractivity contribution in [2.24, 2.45) is 5.92 Å². The van der Waals surface area contributed by atoms with Crippen LogP contribution < -0.4 is 15.5 Å². The molecule has 2 heterocycles. The van der Waals surface area contributed by atoms with Gasteiger partial charge in [0.25, 0.3) is 5.91 Å². The Labute approximate surface area is 198 Å². The fourth-order valence-electron chi connectivity index (χ4n) is 3.86. The number of hydrogen-bond donors (Lipinski definition) is 2. The molecule has 0 saturated carbocycles. The molecule has 8 nitrogen and oxygen atoms in total. The second kappa shape index (κ2) is 10.5. The van der Waals surface area contributed by atoms with Crippen LogP contribution in [0, 0.1) is 5.92 Å². The zero-order valence-electron chi connectivity index (χ0n) is 19.0. The molecule has 9 heteroatoms. The van der Waals surface area contributed by atoms with Crippen LogP contribution in [0.1, 0.15) is 44.0 Å². The van der Waals surface area contributed by atoms with Gasteiger partial charge in [0.15, 0.2) is 0 Å². The smallest absolute Gasteiger partial charge is 0.261 e. The van der Waals surface area contributed by atoms with Crippen LogP contribution >= 0.6 is 11.6 Å². The number of carbonyl (C=O) groups is 3. The van der Waals surface area contributed by atoms with Crippen molar-refractivity contribution in [3.63, 3.8) is 0 Å². The average molecular weight is 470 g/mol. The third-order valence-corrected chi connectivity index (χ3v) is 5.59. The van der Waals surface area contributed by atoms with Crippen molar-refractivity contribution in [1.29, 1.82) is 0 Å². The first-order valence-electron chi connectivity index (χ1n) is 10.9. The number of benzene rings is 1. The molecule has 2 aromatic rings. The Balaban J connectivity index is 1.61. The highest BCUT2D eigenvalue weighted by Gasteiger charge is 2.31. The molecule has 3 amide bonds. The number of amides is 3. The van der Waals surface area contributed by atoms with E-state index in [1.54, 1.807) is 29.2 Å². The minimum atomic E-state index is -0.227. The number of carbonyl (C=O) groups excluding carboxylic acids is 3. The fraction of sp³-hybridized carbons (Fsp3) is 0.333. The van der Waals surface area contributed by atoms with E-state index in [0.717, 1.165) is 5.69 Å². The molecule has 0 bridgehead atoms. The maximum atomic E-state index is 12.9. The molecular weight excluding hydrogens is 442 g/mol. The van der Waals surface area contributed by atoms with Gasteiger partial charge in [-0.25, -0.2) is 4.98 Å². The summed E-state index contributed by atoms with van der Waals surface area (Å²) in [5, 5.41) is 5.88. The second-order valence-corrected chi connectivity index (χ2v) is 8.31. The van der Waals surface area contributed by atoms with E-state index < -0.39 is 0 Å². The monoisotopic (exact) mass is 469 g/mol. The minimum Gasteiger partial charge on any atom is -0.328 e. The number of aromatic nitrogens is 1. The molecule has 2 N–H and O–H groups in total. The summed E-state index contributed by atoms with van der Waals surface area (Å²) in [5.41, 5.74) is 2.39. The number of nitrogens with zero attached hydrogens (tertiary/aromatic N) is 3. The molecule has 0 saturated heterocycles. The Bertz CT molecular complexity index is 1090. The third kappa shape index (κ3) is 5.70. The predicted octanol–water partition coefficient (Wildman–Crippen LogP) is 4.50. The van der Waals surface area contributed by atoms with E-state index in [9.17, 15) is 14.4 Å². The van der Waals surface area contributed by atoms with Crippen LogP contribution in [0.3, 0.4) is 0 Å². The molecule has 0 radical (unpaired) electrons. The quantitative estimate of drug-likeness (QED) is 0.555.